The largest absolute Gasteiger partial charge is 0.489 e. The first-order valence-corrected chi connectivity index (χ1v) is 11.5. The molecule has 2 fully saturated rings. The van der Waals surface area contributed by atoms with Crippen LogP contribution in [0.3, 0.4) is 0 Å². The van der Waals surface area contributed by atoms with Crippen molar-refractivity contribution in [2.75, 3.05) is 26.2 Å². The molecule has 2 aromatic rings. The molecule has 1 amide bonds. The molecule has 4 heteroatoms. The Kier molecular flexibility index (Phi) is 7.06. The van der Waals surface area contributed by atoms with Gasteiger partial charge in [-0.25, -0.2) is 0 Å². The molecule has 4 nitrogen and oxygen atoms in total. The van der Waals surface area contributed by atoms with Gasteiger partial charge < -0.3 is 14.5 Å². The normalized spacial score (nSPS) is 19.8. The minimum absolute atomic E-state index is 0.267. The zero-order valence-electron chi connectivity index (χ0n) is 18.2. The van der Waals surface area contributed by atoms with Crippen LogP contribution in [0.15, 0.2) is 48.5 Å². The summed E-state index contributed by atoms with van der Waals surface area (Å²) in [6, 6.07) is 16.8. The number of aryl methyl sites for hydroxylation is 1. The van der Waals surface area contributed by atoms with Crippen molar-refractivity contribution in [3.63, 3.8) is 0 Å². The van der Waals surface area contributed by atoms with E-state index in [1.807, 2.05) is 24.3 Å². The Balaban J connectivity index is 1.27. The highest BCUT2D eigenvalue weighted by Gasteiger charge is 2.30. The fourth-order valence-electron chi connectivity index (χ4n) is 4.62. The molecule has 0 spiro atoms. The number of carbonyl (C=O) groups is 1. The Morgan fingerprint density at radius 3 is 2.33 bits per heavy atom. The van der Waals surface area contributed by atoms with Crippen molar-refractivity contribution in [1.29, 1.82) is 0 Å². The summed E-state index contributed by atoms with van der Waals surface area (Å²) in [5.41, 5.74) is 3.48. The Labute approximate surface area is 180 Å². The molecule has 2 aromatic carbocycles. The predicted octanol–water partition coefficient (Wildman–Crippen LogP) is 4.59. The van der Waals surface area contributed by atoms with Gasteiger partial charge in [0.25, 0.3) is 0 Å². The standard InChI is InChI=1S/C26H34N2O2/c1-21-7-9-23(10-8-21)20-30-25-13-11-22(12-14-25)18-26(29)28-17-5-6-24(28)19-27-15-3-2-4-16-27/h7-14,24H,2-6,15-20H2,1H3. The van der Waals surface area contributed by atoms with Crippen LogP contribution in [0.1, 0.15) is 48.8 Å². The third kappa shape index (κ3) is 5.63. The smallest absolute Gasteiger partial charge is 0.227 e. The van der Waals surface area contributed by atoms with Gasteiger partial charge in [0.2, 0.25) is 5.91 Å². The van der Waals surface area contributed by atoms with Gasteiger partial charge in [-0.05, 0) is 69.0 Å². The summed E-state index contributed by atoms with van der Waals surface area (Å²) in [5, 5.41) is 0. The van der Waals surface area contributed by atoms with E-state index >= 15 is 0 Å². The van der Waals surface area contributed by atoms with Crippen LogP contribution in [0.2, 0.25) is 0 Å². The highest BCUT2D eigenvalue weighted by Crippen LogP contribution is 2.22. The van der Waals surface area contributed by atoms with Crippen molar-refractivity contribution in [3.8, 4) is 5.75 Å². The summed E-state index contributed by atoms with van der Waals surface area (Å²) in [4.78, 5) is 17.7. The SMILES string of the molecule is Cc1ccc(COc2ccc(CC(=O)N3CCCC3CN3CCCCC3)cc2)cc1. The molecule has 0 aromatic heterocycles. The van der Waals surface area contributed by atoms with Gasteiger partial charge in [0.15, 0.2) is 0 Å². The first kappa shape index (κ1) is 20.9. The Morgan fingerprint density at radius 2 is 1.60 bits per heavy atom. The molecule has 4 rings (SSSR count). The molecule has 160 valence electrons. The molecule has 0 saturated carbocycles. The first-order valence-electron chi connectivity index (χ1n) is 11.5. The second-order valence-corrected chi connectivity index (χ2v) is 8.84. The zero-order chi connectivity index (χ0) is 20.8. The van der Waals surface area contributed by atoms with Crippen molar-refractivity contribution >= 4 is 5.91 Å². The van der Waals surface area contributed by atoms with Crippen molar-refractivity contribution in [2.24, 2.45) is 0 Å². The van der Waals surface area contributed by atoms with E-state index in [9.17, 15) is 4.79 Å². The quantitative estimate of drug-likeness (QED) is 0.674. The number of hydrogen-bond donors (Lipinski definition) is 0. The van der Waals surface area contributed by atoms with Crippen LogP contribution >= 0.6 is 0 Å². The molecule has 30 heavy (non-hydrogen) atoms. The summed E-state index contributed by atoms with van der Waals surface area (Å²) < 4.78 is 5.89. The zero-order valence-corrected chi connectivity index (χ0v) is 18.2. The van der Waals surface area contributed by atoms with Crippen molar-refractivity contribution in [3.05, 3.63) is 65.2 Å². The fourth-order valence-corrected chi connectivity index (χ4v) is 4.62. The van der Waals surface area contributed by atoms with E-state index in [-0.39, 0.29) is 5.91 Å². The van der Waals surface area contributed by atoms with Crippen molar-refractivity contribution < 1.29 is 9.53 Å². The number of rotatable bonds is 7. The summed E-state index contributed by atoms with van der Waals surface area (Å²) in [6.45, 7) is 7.00. The van der Waals surface area contributed by atoms with E-state index in [1.165, 1.54) is 37.9 Å². The van der Waals surface area contributed by atoms with Crippen molar-refractivity contribution in [2.45, 2.75) is 58.1 Å². The molecule has 0 bridgehead atoms. The summed E-state index contributed by atoms with van der Waals surface area (Å²) in [6.07, 6.45) is 6.73. The molecule has 0 N–H and O–H groups in total. The van der Waals surface area contributed by atoms with Crippen LogP contribution in [0.25, 0.3) is 0 Å². The van der Waals surface area contributed by atoms with Crippen LogP contribution in [0, 0.1) is 6.92 Å². The highest BCUT2D eigenvalue weighted by molar-refractivity contribution is 5.79. The summed E-state index contributed by atoms with van der Waals surface area (Å²) in [5.74, 6) is 1.11. The lowest BCUT2D eigenvalue weighted by Crippen LogP contribution is -2.45. The number of hydrogen-bond acceptors (Lipinski definition) is 3. The van der Waals surface area contributed by atoms with Crippen molar-refractivity contribution in [1.82, 2.24) is 9.80 Å². The molecule has 0 radical (unpaired) electrons. The van der Waals surface area contributed by atoms with Gasteiger partial charge in [0, 0.05) is 19.1 Å². The lowest BCUT2D eigenvalue weighted by Gasteiger charge is -2.33. The molecule has 1 unspecified atom stereocenters. The molecular weight excluding hydrogens is 372 g/mol. The number of carbonyl (C=O) groups excluding carboxylic acids is 1. The van der Waals surface area contributed by atoms with Crippen LogP contribution in [-0.4, -0.2) is 47.9 Å². The van der Waals surface area contributed by atoms with Gasteiger partial charge in [-0.15, -0.1) is 0 Å². The van der Waals surface area contributed by atoms with E-state index in [4.69, 9.17) is 4.74 Å². The molecule has 1 atom stereocenters. The predicted molar refractivity (Wildman–Crippen MR) is 121 cm³/mol. The van der Waals surface area contributed by atoms with Crippen LogP contribution in [0.4, 0.5) is 0 Å². The van der Waals surface area contributed by atoms with Crippen LogP contribution < -0.4 is 4.74 Å². The third-order valence-electron chi connectivity index (χ3n) is 6.42. The molecule has 2 saturated heterocycles. The number of likely N-dealkylation sites (tertiary alicyclic amines) is 2. The van der Waals surface area contributed by atoms with Crippen LogP contribution in [0.5, 0.6) is 5.75 Å². The Bertz CT molecular complexity index is 810. The summed E-state index contributed by atoms with van der Waals surface area (Å²) in [7, 11) is 0. The van der Waals surface area contributed by atoms with Gasteiger partial charge in [-0.3, -0.25) is 4.79 Å². The average molecular weight is 407 g/mol. The van der Waals surface area contributed by atoms with E-state index < -0.39 is 0 Å². The molecular formula is C26H34N2O2. The highest BCUT2D eigenvalue weighted by atomic mass is 16.5. The first-order chi connectivity index (χ1) is 14.7. The monoisotopic (exact) mass is 406 g/mol. The van der Waals surface area contributed by atoms with E-state index in [0.717, 1.165) is 42.8 Å². The molecule has 0 aliphatic carbocycles. The van der Waals surface area contributed by atoms with E-state index in [1.54, 1.807) is 0 Å². The number of amides is 1. The third-order valence-corrected chi connectivity index (χ3v) is 6.42. The lowest BCUT2D eigenvalue weighted by atomic mass is 10.1. The maximum absolute atomic E-state index is 13.0. The lowest BCUT2D eigenvalue weighted by molar-refractivity contribution is -0.131. The van der Waals surface area contributed by atoms with Gasteiger partial charge >= 0.3 is 0 Å². The minimum atomic E-state index is 0.267. The second kappa shape index (κ2) is 10.1. The van der Waals surface area contributed by atoms with Gasteiger partial charge in [-0.2, -0.15) is 0 Å². The minimum Gasteiger partial charge on any atom is -0.489 e. The average Bonchev–Trinajstić information content (AvgIpc) is 3.23. The Morgan fingerprint density at radius 1 is 0.900 bits per heavy atom. The maximum atomic E-state index is 13.0. The second-order valence-electron chi connectivity index (χ2n) is 8.84. The number of benzene rings is 2. The topological polar surface area (TPSA) is 32.8 Å². The Hall–Kier alpha value is -2.33. The van der Waals surface area contributed by atoms with Gasteiger partial charge in [0.1, 0.15) is 12.4 Å². The fraction of sp³-hybridized carbons (Fsp3) is 0.500. The van der Waals surface area contributed by atoms with Gasteiger partial charge in [0.05, 0.1) is 6.42 Å². The molecule has 2 aliphatic rings. The van der Waals surface area contributed by atoms with E-state index in [0.29, 0.717) is 19.1 Å². The summed E-state index contributed by atoms with van der Waals surface area (Å²) >= 11 is 0. The number of nitrogens with zero attached hydrogens (tertiary/aromatic N) is 2. The van der Waals surface area contributed by atoms with Gasteiger partial charge in [-0.1, -0.05) is 48.4 Å². The molecule has 2 aliphatic heterocycles. The number of piperidine rings is 1. The van der Waals surface area contributed by atoms with E-state index in [2.05, 4.69) is 41.0 Å². The molecule has 2 heterocycles. The van der Waals surface area contributed by atoms with Crippen LogP contribution in [-0.2, 0) is 17.8 Å². The maximum Gasteiger partial charge on any atom is 0.227 e. The number of ether oxygens (including phenoxy) is 1.